The van der Waals surface area contributed by atoms with Crippen LogP contribution in [-0.2, 0) is 23.0 Å². The number of hydrogen-bond donors (Lipinski definition) is 2. The number of guanidine groups is 1. The topological polar surface area (TPSA) is 105 Å². The highest BCUT2D eigenvalue weighted by atomic mass is 32.2. The van der Waals surface area contributed by atoms with Crippen LogP contribution in [0.25, 0.3) is 0 Å². The van der Waals surface area contributed by atoms with Crippen molar-refractivity contribution in [2.75, 3.05) is 5.75 Å². The highest BCUT2D eigenvalue weighted by Crippen LogP contribution is 2.30. The summed E-state index contributed by atoms with van der Waals surface area (Å²) in [6, 6.07) is 14.9. The number of sulfonamides is 1. The Labute approximate surface area is 202 Å². The van der Waals surface area contributed by atoms with Crippen molar-refractivity contribution in [3.8, 4) is 0 Å². The second-order valence-electron chi connectivity index (χ2n) is 9.38. The van der Waals surface area contributed by atoms with Crippen LogP contribution in [0.5, 0.6) is 0 Å². The van der Waals surface area contributed by atoms with E-state index in [1.807, 2.05) is 57.2 Å². The van der Waals surface area contributed by atoms with Crippen molar-refractivity contribution in [1.29, 1.82) is 0 Å². The summed E-state index contributed by atoms with van der Waals surface area (Å²) in [6.45, 7) is 11.4. The van der Waals surface area contributed by atoms with Crippen molar-refractivity contribution >= 4 is 21.9 Å². The average Bonchev–Trinajstić information content (AvgIpc) is 2.76. The SMILES string of the molecule is C=CCc1cc(CN2C(N)=N[C@](C)(C(C)C)CS2(=O)=O)cc(C(=O)N[C@@H](C)c2ccccc2)c1. The van der Waals surface area contributed by atoms with E-state index in [1.54, 1.807) is 25.1 Å². The summed E-state index contributed by atoms with van der Waals surface area (Å²) in [5, 5.41) is 3.02. The van der Waals surface area contributed by atoms with Crippen LogP contribution in [0, 0.1) is 5.92 Å². The zero-order valence-electron chi connectivity index (χ0n) is 20.3. The van der Waals surface area contributed by atoms with Gasteiger partial charge in [-0.25, -0.2) is 17.7 Å². The molecule has 0 unspecified atom stereocenters. The molecule has 2 aromatic rings. The zero-order chi connectivity index (χ0) is 25.1. The number of hydrogen-bond acceptors (Lipinski definition) is 5. The number of amides is 1. The predicted octanol–water partition coefficient (Wildman–Crippen LogP) is 3.78. The highest BCUT2D eigenvalue weighted by molar-refractivity contribution is 7.89. The van der Waals surface area contributed by atoms with Crippen LogP contribution >= 0.6 is 0 Å². The maximum atomic E-state index is 13.1. The van der Waals surface area contributed by atoms with Gasteiger partial charge in [-0.05, 0) is 55.0 Å². The molecule has 0 aliphatic carbocycles. The second-order valence-corrected chi connectivity index (χ2v) is 11.3. The van der Waals surface area contributed by atoms with Gasteiger partial charge in [0.1, 0.15) is 0 Å². The van der Waals surface area contributed by atoms with Crippen molar-refractivity contribution < 1.29 is 13.2 Å². The lowest BCUT2D eigenvalue weighted by Crippen LogP contribution is -2.54. The van der Waals surface area contributed by atoms with Gasteiger partial charge in [0.15, 0.2) is 0 Å². The molecular weight excluding hydrogens is 448 g/mol. The number of carbonyl (C=O) groups is 1. The molecule has 0 fully saturated rings. The minimum absolute atomic E-state index is 0.00530. The van der Waals surface area contributed by atoms with Crippen LogP contribution in [0.2, 0.25) is 0 Å². The minimum Gasteiger partial charge on any atom is -0.369 e. The van der Waals surface area contributed by atoms with E-state index in [0.717, 1.165) is 15.4 Å². The molecule has 1 aliphatic heterocycles. The lowest BCUT2D eigenvalue weighted by atomic mass is 9.91. The predicted molar refractivity (Wildman–Crippen MR) is 137 cm³/mol. The van der Waals surface area contributed by atoms with E-state index in [9.17, 15) is 13.2 Å². The number of carbonyl (C=O) groups excluding carboxylic acids is 1. The third-order valence-corrected chi connectivity index (χ3v) is 8.28. The number of allylic oxidation sites excluding steroid dienone is 1. The second kappa shape index (κ2) is 10.0. The molecule has 182 valence electrons. The monoisotopic (exact) mass is 482 g/mol. The molecular formula is C26H34N4O3S. The first-order valence-corrected chi connectivity index (χ1v) is 13.0. The number of nitrogens with one attached hydrogen (secondary N) is 1. The summed E-state index contributed by atoms with van der Waals surface area (Å²) < 4.78 is 27.4. The van der Waals surface area contributed by atoms with E-state index >= 15 is 0 Å². The summed E-state index contributed by atoms with van der Waals surface area (Å²) in [5.41, 5.74) is 8.34. The third-order valence-electron chi connectivity index (χ3n) is 6.35. The van der Waals surface area contributed by atoms with Crippen molar-refractivity contribution in [3.05, 3.63) is 83.4 Å². The standard InChI is InChI=1S/C26H34N4O3S/c1-6-10-20-13-21(16-30-25(27)29-26(5,18(2)3)17-34(30,32)33)15-23(14-20)24(31)28-19(4)22-11-8-7-9-12-22/h6-9,11-15,18-19H,1,10,16-17H2,2-5H3,(H2,27,29)(H,28,31)/t19-,26-/m0/s1. The van der Waals surface area contributed by atoms with Gasteiger partial charge in [0.2, 0.25) is 16.0 Å². The van der Waals surface area contributed by atoms with E-state index in [0.29, 0.717) is 17.5 Å². The molecule has 0 spiro atoms. The largest absolute Gasteiger partial charge is 0.369 e. The van der Waals surface area contributed by atoms with Gasteiger partial charge in [-0.15, -0.1) is 6.58 Å². The molecule has 0 aromatic heterocycles. The Hall–Kier alpha value is -3.13. The molecule has 2 aromatic carbocycles. The lowest BCUT2D eigenvalue weighted by molar-refractivity contribution is 0.0939. The molecule has 3 rings (SSSR count). The van der Waals surface area contributed by atoms with Gasteiger partial charge >= 0.3 is 0 Å². The van der Waals surface area contributed by atoms with Crippen molar-refractivity contribution in [2.45, 2.75) is 52.2 Å². The number of benzene rings is 2. The molecule has 1 aliphatic rings. The fraction of sp³-hybridized carbons (Fsp3) is 0.385. The first-order valence-electron chi connectivity index (χ1n) is 11.4. The van der Waals surface area contributed by atoms with Crippen molar-refractivity contribution in [3.63, 3.8) is 0 Å². The molecule has 0 radical (unpaired) electrons. The van der Waals surface area contributed by atoms with Gasteiger partial charge in [0, 0.05) is 5.56 Å². The van der Waals surface area contributed by atoms with E-state index < -0.39 is 15.6 Å². The molecule has 34 heavy (non-hydrogen) atoms. The molecule has 8 heteroatoms. The first kappa shape index (κ1) is 25.5. The average molecular weight is 483 g/mol. The van der Waals surface area contributed by atoms with Gasteiger partial charge < -0.3 is 11.1 Å². The van der Waals surface area contributed by atoms with E-state index in [1.165, 1.54) is 0 Å². The fourth-order valence-electron chi connectivity index (χ4n) is 3.95. The maximum Gasteiger partial charge on any atom is 0.251 e. The van der Waals surface area contributed by atoms with Crippen molar-refractivity contribution in [2.24, 2.45) is 16.6 Å². The molecule has 0 saturated carbocycles. The van der Waals surface area contributed by atoms with Crippen LogP contribution in [0.1, 0.15) is 60.8 Å². The van der Waals surface area contributed by atoms with Crippen LogP contribution in [0.3, 0.4) is 0 Å². The number of rotatable bonds is 8. The smallest absolute Gasteiger partial charge is 0.251 e. The highest BCUT2D eigenvalue weighted by Gasteiger charge is 2.42. The van der Waals surface area contributed by atoms with Crippen LogP contribution in [0.4, 0.5) is 0 Å². The van der Waals surface area contributed by atoms with Crippen LogP contribution in [0.15, 0.2) is 66.2 Å². The summed E-state index contributed by atoms with van der Waals surface area (Å²) >= 11 is 0. The first-order chi connectivity index (χ1) is 15.9. The summed E-state index contributed by atoms with van der Waals surface area (Å²) in [6.07, 6.45) is 2.29. The Morgan fingerprint density at radius 1 is 1.21 bits per heavy atom. The molecule has 1 amide bonds. The van der Waals surface area contributed by atoms with Gasteiger partial charge in [0.25, 0.3) is 5.91 Å². The Morgan fingerprint density at radius 3 is 2.44 bits per heavy atom. The third kappa shape index (κ3) is 5.67. The number of aliphatic imine (C=N–C) groups is 1. The van der Waals surface area contributed by atoms with E-state index in [2.05, 4.69) is 16.9 Å². The van der Waals surface area contributed by atoms with Gasteiger partial charge in [-0.2, -0.15) is 0 Å². The summed E-state index contributed by atoms with van der Waals surface area (Å²) in [4.78, 5) is 17.6. The Morgan fingerprint density at radius 2 is 1.85 bits per heavy atom. The quantitative estimate of drug-likeness (QED) is 0.559. The normalized spacial score (nSPS) is 20.5. The molecule has 2 atom stereocenters. The maximum absolute atomic E-state index is 13.1. The van der Waals surface area contributed by atoms with Gasteiger partial charge in [0.05, 0.1) is 23.9 Å². The van der Waals surface area contributed by atoms with Gasteiger partial charge in [-0.1, -0.05) is 56.3 Å². The van der Waals surface area contributed by atoms with Gasteiger partial charge in [-0.3, -0.25) is 4.79 Å². The summed E-state index contributed by atoms with van der Waals surface area (Å²) in [7, 11) is -3.68. The Kier molecular flexibility index (Phi) is 7.51. The van der Waals surface area contributed by atoms with E-state index in [-0.39, 0.29) is 36.1 Å². The Balaban J connectivity index is 1.90. The van der Waals surface area contributed by atoms with Crippen LogP contribution < -0.4 is 11.1 Å². The molecule has 3 N–H and O–H groups in total. The molecule has 0 bridgehead atoms. The Bertz CT molecular complexity index is 1190. The van der Waals surface area contributed by atoms with Crippen molar-refractivity contribution in [1.82, 2.24) is 9.62 Å². The molecule has 0 saturated heterocycles. The minimum atomic E-state index is -3.68. The zero-order valence-corrected chi connectivity index (χ0v) is 21.1. The molecule has 7 nitrogen and oxygen atoms in total. The molecule has 1 heterocycles. The summed E-state index contributed by atoms with van der Waals surface area (Å²) in [5.74, 6) is -0.368. The number of nitrogens with zero attached hydrogens (tertiary/aromatic N) is 2. The van der Waals surface area contributed by atoms with Crippen LogP contribution in [-0.4, -0.2) is 35.9 Å². The lowest BCUT2D eigenvalue weighted by Gasteiger charge is -2.38. The fourth-order valence-corrected chi connectivity index (χ4v) is 5.92. The number of nitrogens with two attached hydrogens (primary N) is 1. The van der Waals surface area contributed by atoms with E-state index in [4.69, 9.17) is 5.73 Å².